The second-order valence-electron chi connectivity index (χ2n) is 6.78. The van der Waals surface area contributed by atoms with Gasteiger partial charge in [0.25, 0.3) is 0 Å². The third kappa shape index (κ3) is 3.18. The third-order valence-electron chi connectivity index (χ3n) is 5.02. The Morgan fingerprint density at radius 1 is 1.25 bits per heavy atom. The fraction of sp³-hybridized carbons (Fsp3) is 0.579. The van der Waals surface area contributed by atoms with Gasteiger partial charge in [-0.05, 0) is 37.8 Å². The van der Waals surface area contributed by atoms with E-state index in [9.17, 15) is 0 Å². The van der Waals surface area contributed by atoms with E-state index in [0.29, 0.717) is 24.7 Å². The topological polar surface area (TPSA) is 49.2 Å². The second-order valence-corrected chi connectivity index (χ2v) is 6.78. The largest absolute Gasteiger partial charge is 0.486 e. The summed E-state index contributed by atoms with van der Waals surface area (Å²) in [5, 5.41) is 4.72. The van der Waals surface area contributed by atoms with Gasteiger partial charge < -0.3 is 9.47 Å². The standard InChI is InChI=1S/C19H25N3O2/c1-2-3-11-22-19(16-12-15-9-10-17(16)24-15)20-18(21-22)13-23-14-7-5-4-6-8-14/h4-8,15-17H,2-3,9-13H2,1H3/t15-,16-,17+/m0/s1. The number of fused-ring (bicyclic) bond motifs is 2. The highest BCUT2D eigenvalue weighted by Crippen LogP contribution is 2.43. The maximum absolute atomic E-state index is 6.02. The van der Waals surface area contributed by atoms with Gasteiger partial charge in [-0.25, -0.2) is 9.67 Å². The smallest absolute Gasteiger partial charge is 0.188 e. The Kier molecular flexibility index (Phi) is 4.52. The number of para-hydroxylation sites is 1. The summed E-state index contributed by atoms with van der Waals surface area (Å²) in [4.78, 5) is 4.83. The molecule has 2 aliphatic heterocycles. The summed E-state index contributed by atoms with van der Waals surface area (Å²) in [5.41, 5.74) is 0. The maximum atomic E-state index is 6.02. The summed E-state index contributed by atoms with van der Waals surface area (Å²) < 4.78 is 13.9. The Bertz CT molecular complexity index is 671. The van der Waals surface area contributed by atoms with E-state index in [4.69, 9.17) is 19.6 Å². The van der Waals surface area contributed by atoms with Crippen molar-refractivity contribution in [2.75, 3.05) is 0 Å². The van der Waals surface area contributed by atoms with E-state index in [1.54, 1.807) is 0 Å². The van der Waals surface area contributed by atoms with Crippen LogP contribution in [0.1, 0.15) is 56.6 Å². The van der Waals surface area contributed by atoms with Crippen molar-refractivity contribution in [3.05, 3.63) is 42.0 Å². The Hall–Kier alpha value is -1.88. The Morgan fingerprint density at radius 3 is 2.83 bits per heavy atom. The number of aromatic nitrogens is 3. The zero-order valence-corrected chi connectivity index (χ0v) is 14.2. The molecule has 3 atom stereocenters. The van der Waals surface area contributed by atoms with Crippen LogP contribution in [0.15, 0.2) is 30.3 Å². The van der Waals surface area contributed by atoms with E-state index in [-0.39, 0.29) is 0 Å². The molecule has 0 unspecified atom stereocenters. The van der Waals surface area contributed by atoms with Crippen LogP contribution >= 0.6 is 0 Å². The number of hydrogen-bond donors (Lipinski definition) is 0. The number of benzene rings is 1. The second kappa shape index (κ2) is 6.93. The molecule has 2 aromatic rings. The minimum Gasteiger partial charge on any atom is -0.486 e. The summed E-state index contributed by atoms with van der Waals surface area (Å²) in [7, 11) is 0. The van der Waals surface area contributed by atoms with Crippen molar-refractivity contribution >= 4 is 0 Å². The van der Waals surface area contributed by atoms with Crippen LogP contribution in [0.2, 0.25) is 0 Å². The van der Waals surface area contributed by atoms with Crippen molar-refractivity contribution in [3.8, 4) is 5.75 Å². The third-order valence-corrected chi connectivity index (χ3v) is 5.02. The van der Waals surface area contributed by atoms with Gasteiger partial charge in [-0.15, -0.1) is 0 Å². The minimum atomic E-state index is 0.336. The van der Waals surface area contributed by atoms with E-state index < -0.39 is 0 Å². The average Bonchev–Trinajstić information content (AvgIpc) is 3.34. The van der Waals surface area contributed by atoms with Gasteiger partial charge in [-0.1, -0.05) is 31.5 Å². The molecule has 0 aliphatic carbocycles. The number of ether oxygens (including phenoxy) is 2. The van der Waals surface area contributed by atoms with Crippen LogP contribution in [-0.2, 0) is 17.9 Å². The molecule has 0 radical (unpaired) electrons. The molecule has 2 aliphatic rings. The molecule has 5 heteroatoms. The summed E-state index contributed by atoms with van der Waals surface area (Å²) >= 11 is 0. The van der Waals surface area contributed by atoms with Crippen molar-refractivity contribution in [1.82, 2.24) is 14.8 Å². The number of nitrogens with zero attached hydrogens (tertiary/aromatic N) is 3. The van der Waals surface area contributed by atoms with E-state index in [0.717, 1.165) is 49.6 Å². The van der Waals surface area contributed by atoms with Crippen LogP contribution in [0.25, 0.3) is 0 Å². The predicted molar refractivity (Wildman–Crippen MR) is 91.0 cm³/mol. The molecule has 2 bridgehead atoms. The van der Waals surface area contributed by atoms with Crippen molar-refractivity contribution in [1.29, 1.82) is 0 Å². The number of hydrogen-bond acceptors (Lipinski definition) is 4. The SMILES string of the molecule is CCCCn1nc(COc2ccccc2)nc1[C@H]1C[C@@H]2CC[C@H]1O2. The molecule has 128 valence electrons. The Morgan fingerprint density at radius 2 is 2.12 bits per heavy atom. The van der Waals surface area contributed by atoms with Gasteiger partial charge >= 0.3 is 0 Å². The highest BCUT2D eigenvalue weighted by atomic mass is 16.5. The normalized spacial score (nSPS) is 25.3. The lowest BCUT2D eigenvalue weighted by Crippen LogP contribution is -2.19. The number of unbranched alkanes of at least 4 members (excludes halogenated alkanes) is 1. The van der Waals surface area contributed by atoms with E-state index in [1.807, 2.05) is 30.3 Å². The molecule has 0 saturated carbocycles. The molecule has 0 spiro atoms. The van der Waals surface area contributed by atoms with Crippen molar-refractivity contribution in [2.45, 2.75) is 70.3 Å². The molecule has 4 rings (SSSR count). The highest BCUT2D eigenvalue weighted by Gasteiger charge is 2.43. The molecular weight excluding hydrogens is 302 g/mol. The Labute approximate surface area is 143 Å². The van der Waals surface area contributed by atoms with Crippen LogP contribution in [-0.4, -0.2) is 27.0 Å². The summed E-state index contributed by atoms with van der Waals surface area (Å²) in [6.45, 7) is 3.55. The van der Waals surface area contributed by atoms with Crippen LogP contribution in [0.5, 0.6) is 5.75 Å². The first kappa shape index (κ1) is 15.6. The molecule has 3 heterocycles. The van der Waals surface area contributed by atoms with Gasteiger partial charge in [0.2, 0.25) is 0 Å². The van der Waals surface area contributed by atoms with Crippen LogP contribution < -0.4 is 4.74 Å². The molecule has 0 N–H and O–H groups in total. The van der Waals surface area contributed by atoms with Gasteiger partial charge in [0.15, 0.2) is 5.82 Å². The van der Waals surface area contributed by atoms with Gasteiger partial charge in [0.1, 0.15) is 18.2 Å². The predicted octanol–water partition coefficient (Wildman–Crippen LogP) is 3.69. The number of rotatable bonds is 7. The molecule has 1 aromatic heterocycles. The monoisotopic (exact) mass is 327 g/mol. The molecule has 1 aromatic carbocycles. The summed E-state index contributed by atoms with van der Waals surface area (Å²) in [5.74, 6) is 3.13. The lowest BCUT2D eigenvalue weighted by molar-refractivity contribution is 0.0994. The van der Waals surface area contributed by atoms with Crippen LogP contribution in [0.3, 0.4) is 0 Å². The van der Waals surface area contributed by atoms with Gasteiger partial charge in [-0.3, -0.25) is 0 Å². The van der Waals surface area contributed by atoms with E-state index in [1.165, 1.54) is 6.42 Å². The van der Waals surface area contributed by atoms with Crippen molar-refractivity contribution in [3.63, 3.8) is 0 Å². The molecule has 2 fully saturated rings. The molecule has 5 nitrogen and oxygen atoms in total. The molecule has 24 heavy (non-hydrogen) atoms. The lowest BCUT2D eigenvalue weighted by Gasteiger charge is -2.18. The van der Waals surface area contributed by atoms with Crippen molar-refractivity contribution in [2.24, 2.45) is 0 Å². The van der Waals surface area contributed by atoms with Gasteiger partial charge in [0, 0.05) is 12.5 Å². The van der Waals surface area contributed by atoms with E-state index >= 15 is 0 Å². The zero-order chi connectivity index (χ0) is 16.4. The summed E-state index contributed by atoms with van der Waals surface area (Å²) in [6, 6.07) is 9.84. The van der Waals surface area contributed by atoms with Crippen LogP contribution in [0.4, 0.5) is 0 Å². The average molecular weight is 327 g/mol. The molecular formula is C19H25N3O2. The minimum absolute atomic E-state index is 0.336. The lowest BCUT2D eigenvalue weighted by atomic mass is 9.88. The van der Waals surface area contributed by atoms with Crippen molar-refractivity contribution < 1.29 is 9.47 Å². The first-order chi connectivity index (χ1) is 11.8. The Balaban J connectivity index is 1.50. The maximum Gasteiger partial charge on any atom is 0.188 e. The zero-order valence-electron chi connectivity index (χ0n) is 14.2. The molecule has 2 saturated heterocycles. The fourth-order valence-electron chi connectivity index (χ4n) is 3.78. The van der Waals surface area contributed by atoms with E-state index in [2.05, 4.69) is 11.6 Å². The first-order valence-electron chi connectivity index (χ1n) is 9.10. The van der Waals surface area contributed by atoms with Crippen LogP contribution in [0, 0.1) is 0 Å². The number of aryl methyl sites for hydroxylation is 1. The van der Waals surface area contributed by atoms with Gasteiger partial charge in [-0.2, -0.15) is 5.10 Å². The molecule has 0 amide bonds. The quantitative estimate of drug-likeness (QED) is 0.778. The highest BCUT2D eigenvalue weighted by molar-refractivity contribution is 5.21. The first-order valence-corrected chi connectivity index (χ1v) is 9.10. The summed E-state index contributed by atoms with van der Waals surface area (Å²) in [6.07, 6.45) is 6.50. The van der Waals surface area contributed by atoms with Gasteiger partial charge in [0.05, 0.1) is 12.2 Å². The fourth-order valence-corrected chi connectivity index (χ4v) is 3.78.